The maximum atomic E-state index is 9.50. The molecule has 3 aromatic rings. The highest BCUT2D eigenvalue weighted by atomic mass is 16.3. The molecular weight excluding hydrogens is 304 g/mol. The average molecular weight is 326 g/mol. The molecule has 0 aromatic carbocycles. The van der Waals surface area contributed by atoms with Crippen LogP contribution in [0.1, 0.15) is 49.9 Å². The lowest BCUT2D eigenvalue weighted by Crippen LogP contribution is -2.16. The van der Waals surface area contributed by atoms with Crippen LogP contribution in [0.3, 0.4) is 0 Å². The summed E-state index contributed by atoms with van der Waals surface area (Å²) in [6, 6.07) is 0. The van der Waals surface area contributed by atoms with Gasteiger partial charge < -0.3 is 14.8 Å². The minimum Gasteiger partial charge on any atom is -0.432 e. The van der Waals surface area contributed by atoms with E-state index in [1.54, 1.807) is 13.3 Å². The third-order valence-electron chi connectivity index (χ3n) is 4.62. The molecule has 0 radical (unpaired) electrons. The molecule has 0 aliphatic heterocycles. The van der Waals surface area contributed by atoms with Crippen LogP contribution in [0.4, 0.5) is 5.82 Å². The molecule has 0 amide bonds. The number of rotatable bonds is 4. The number of fused-ring (bicyclic) bond motifs is 5. The number of aromatic nitrogens is 3. The molecule has 6 nitrogen and oxygen atoms in total. The third-order valence-corrected chi connectivity index (χ3v) is 4.62. The largest absolute Gasteiger partial charge is 0.432 e. The Morgan fingerprint density at radius 1 is 1.21 bits per heavy atom. The summed E-state index contributed by atoms with van der Waals surface area (Å²) < 4.78 is 6.05. The number of nitrogens with one attached hydrogen (secondary N) is 1. The van der Waals surface area contributed by atoms with Crippen LogP contribution < -0.4 is 5.32 Å². The van der Waals surface area contributed by atoms with Gasteiger partial charge in [0.05, 0.1) is 17.2 Å². The fourth-order valence-corrected chi connectivity index (χ4v) is 3.58. The standard InChI is InChI=1S/C18H22N4O2/c1-9(2)14-12-6-4-5-11(12)13-15-16(24-18(13)22-14)17(21-8-20-15)19-7-10(3)23/h8-10,23H,4-7H2,1-3H3,(H,19,20,21). The Balaban J connectivity index is 1.97. The first-order valence-electron chi connectivity index (χ1n) is 8.57. The molecule has 6 heteroatoms. The van der Waals surface area contributed by atoms with E-state index in [-0.39, 0.29) is 0 Å². The molecule has 24 heavy (non-hydrogen) atoms. The summed E-state index contributed by atoms with van der Waals surface area (Å²) in [6.45, 7) is 6.48. The van der Waals surface area contributed by atoms with Crippen LogP contribution in [0, 0.1) is 0 Å². The van der Waals surface area contributed by atoms with Crippen molar-refractivity contribution in [2.24, 2.45) is 0 Å². The van der Waals surface area contributed by atoms with E-state index >= 15 is 0 Å². The Hall–Kier alpha value is -2.21. The molecular formula is C18H22N4O2. The van der Waals surface area contributed by atoms with Gasteiger partial charge in [-0.1, -0.05) is 13.8 Å². The smallest absolute Gasteiger partial charge is 0.229 e. The number of nitrogens with zero attached hydrogens (tertiary/aromatic N) is 3. The fourth-order valence-electron chi connectivity index (χ4n) is 3.58. The van der Waals surface area contributed by atoms with Crippen molar-refractivity contribution >= 4 is 28.0 Å². The molecule has 2 N–H and O–H groups in total. The maximum Gasteiger partial charge on any atom is 0.229 e. The lowest BCUT2D eigenvalue weighted by atomic mass is 9.99. The molecule has 126 valence electrons. The molecule has 1 unspecified atom stereocenters. The van der Waals surface area contributed by atoms with Gasteiger partial charge in [0.25, 0.3) is 0 Å². The Morgan fingerprint density at radius 2 is 2.00 bits per heavy atom. The van der Waals surface area contributed by atoms with E-state index in [1.165, 1.54) is 11.1 Å². The van der Waals surface area contributed by atoms with Gasteiger partial charge in [0, 0.05) is 6.54 Å². The number of aryl methyl sites for hydroxylation is 1. The summed E-state index contributed by atoms with van der Waals surface area (Å²) in [4.78, 5) is 13.5. The van der Waals surface area contributed by atoms with Crippen LogP contribution in [0.2, 0.25) is 0 Å². The molecule has 0 fully saturated rings. The molecule has 0 bridgehead atoms. The number of hydrogen-bond acceptors (Lipinski definition) is 6. The lowest BCUT2D eigenvalue weighted by Gasteiger charge is -2.11. The van der Waals surface area contributed by atoms with Crippen molar-refractivity contribution in [3.05, 3.63) is 23.1 Å². The van der Waals surface area contributed by atoms with Gasteiger partial charge >= 0.3 is 0 Å². The molecule has 3 heterocycles. The molecule has 0 saturated carbocycles. The molecule has 3 aromatic heterocycles. The molecule has 1 aliphatic carbocycles. The van der Waals surface area contributed by atoms with Gasteiger partial charge in [0.2, 0.25) is 5.71 Å². The topological polar surface area (TPSA) is 84.1 Å². The number of pyridine rings is 1. The summed E-state index contributed by atoms with van der Waals surface area (Å²) in [5.74, 6) is 0.977. The number of anilines is 1. The van der Waals surface area contributed by atoms with Crippen molar-refractivity contribution in [3.63, 3.8) is 0 Å². The predicted molar refractivity (Wildman–Crippen MR) is 93.4 cm³/mol. The van der Waals surface area contributed by atoms with Gasteiger partial charge in [-0.3, -0.25) is 0 Å². The van der Waals surface area contributed by atoms with E-state index in [9.17, 15) is 5.11 Å². The summed E-state index contributed by atoms with van der Waals surface area (Å²) >= 11 is 0. The van der Waals surface area contributed by atoms with E-state index in [0.717, 1.165) is 35.9 Å². The second kappa shape index (κ2) is 5.70. The highest BCUT2D eigenvalue weighted by Crippen LogP contribution is 2.39. The van der Waals surface area contributed by atoms with Crippen molar-refractivity contribution in [1.82, 2.24) is 15.0 Å². The van der Waals surface area contributed by atoms with Gasteiger partial charge in [-0.15, -0.1) is 0 Å². The summed E-state index contributed by atoms with van der Waals surface area (Å²) in [5, 5.41) is 13.7. The summed E-state index contributed by atoms with van der Waals surface area (Å²) in [5.41, 5.74) is 5.93. The number of aliphatic hydroxyl groups excluding tert-OH is 1. The summed E-state index contributed by atoms with van der Waals surface area (Å²) in [6.07, 6.45) is 4.36. The molecule has 4 rings (SSSR count). The lowest BCUT2D eigenvalue weighted by molar-refractivity contribution is 0.208. The van der Waals surface area contributed by atoms with Crippen LogP contribution >= 0.6 is 0 Å². The van der Waals surface area contributed by atoms with Crippen LogP contribution in [-0.2, 0) is 12.8 Å². The highest BCUT2D eigenvalue weighted by Gasteiger charge is 2.26. The Morgan fingerprint density at radius 3 is 2.75 bits per heavy atom. The van der Waals surface area contributed by atoms with E-state index < -0.39 is 6.10 Å². The van der Waals surface area contributed by atoms with E-state index in [4.69, 9.17) is 9.40 Å². The van der Waals surface area contributed by atoms with E-state index in [0.29, 0.717) is 29.6 Å². The Labute approximate surface area is 140 Å². The predicted octanol–water partition coefficient (Wildman–Crippen LogP) is 3.18. The second-order valence-electron chi connectivity index (χ2n) is 6.87. The maximum absolute atomic E-state index is 9.50. The molecule has 0 saturated heterocycles. The average Bonchev–Trinajstić information content (AvgIpc) is 3.15. The van der Waals surface area contributed by atoms with Crippen LogP contribution in [-0.4, -0.2) is 32.7 Å². The van der Waals surface area contributed by atoms with Crippen molar-refractivity contribution in [1.29, 1.82) is 0 Å². The van der Waals surface area contributed by atoms with Crippen molar-refractivity contribution < 1.29 is 9.52 Å². The first-order chi connectivity index (χ1) is 11.6. The first kappa shape index (κ1) is 15.3. The number of furan rings is 1. The Bertz CT molecular complexity index is 914. The SMILES string of the molecule is CC(O)CNc1ncnc2c1oc1nc(C(C)C)c3c(c12)CCC3. The zero-order chi connectivity index (χ0) is 16.8. The monoisotopic (exact) mass is 326 g/mol. The van der Waals surface area contributed by atoms with Gasteiger partial charge in [-0.25, -0.2) is 15.0 Å². The van der Waals surface area contributed by atoms with Gasteiger partial charge in [0.15, 0.2) is 11.4 Å². The zero-order valence-electron chi connectivity index (χ0n) is 14.3. The van der Waals surface area contributed by atoms with Crippen LogP contribution in [0.15, 0.2) is 10.7 Å². The van der Waals surface area contributed by atoms with Crippen molar-refractivity contribution in [2.45, 2.75) is 52.1 Å². The van der Waals surface area contributed by atoms with Crippen molar-refractivity contribution in [3.8, 4) is 0 Å². The van der Waals surface area contributed by atoms with Crippen LogP contribution in [0.25, 0.3) is 22.2 Å². The second-order valence-corrected chi connectivity index (χ2v) is 6.87. The Kier molecular flexibility index (Phi) is 3.64. The molecule has 1 aliphatic rings. The quantitative estimate of drug-likeness (QED) is 0.766. The minimum absolute atomic E-state index is 0.369. The van der Waals surface area contributed by atoms with Crippen LogP contribution in [0.5, 0.6) is 0 Å². The van der Waals surface area contributed by atoms with Gasteiger partial charge in [0.1, 0.15) is 11.8 Å². The van der Waals surface area contributed by atoms with Gasteiger partial charge in [-0.05, 0) is 43.2 Å². The van der Waals surface area contributed by atoms with E-state index in [1.807, 2.05) is 0 Å². The molecule has 0 spiro atoms. The van der Waals surface area contributed by atoms with Crippen molar-refractivity contribution in [2.75, 3.05) is 11.9 Å². The molecule has 1 atom stereocenters. The number of hydrogen-bond donors (Lipinski definition) is 2. The van der Waals surface area contributed by atoms with Gasteiger partial charge in [-0.2, -0.15) is 0 Å². The fraction of sp³-hybridized carbons (Fsp3) is 0.500. The third kappa shape index (κ3) is 2.33. The highest BCUT2D eigenvalue weighted by molar-refractivity contribution is 6.06. The normalized spacial score (nSPS) is 15.4. The summed E-state index contributed by atoms with van der Waals surface area (Å²) in [7, 11) is 0. The minimum atomic E-state index is -0.464. The zero-order valence-corrected chi connectivity index (χ0v) is 14.3. The number of aliphatic hydroxyl groups is 1. The van der Waals surface area contributed by atoms with E-state index in [2.05, 4.69) is 29.1 Å². The first-order valence-corrected chi connectivity index (χ1v) is 8.57.